The summed E-state index contributed by atoms with van der Waals surface area (Å²) in [5.74, 6) is 0.840. The molecule has 208 valence electrons. The van der Waals surface area contributed by atoms with Gasteiger partial charge in [-0.25, -0.2) is 9.78 Å². The van der Waals surface area contributed by atoms with E-state index in [1.807, 2.05) is 44.2 Å². The summed E-state index contributed by atoms with van der Waals surface area (Å²) < 4.78 is 6.03. The Morgan fingerprint density at radius 1 is 1.17 bits per heavy atom. The highest BCUT2D eigenvalue weighted by Crippen LogP contribution is 2.46. The van der Waals surface area contributed by atoms with Gasteiger partial charge in [-0.1, -0.05) is 6.58 Å². The third kappa shape index (κ3) is 4.89. The van der Waals surface area contributed by atoms with Crippen LogP contribution in [0.3, 0.4) is 0 Å². The van der Waals surface area contributed by atoms with Crippen LogP contribution in [0, 0.1) is 13.8 Å². The standard InChI is InChI=1S/C30H28N6O4S/c1-4-24(37)35-14-6-7-19(16-35)33-28(38)27-26-25-22(11-13-32-29(25)41-27)36(30(39)34-26)21-10-9-20(15-17(21)2)40-23-8-5-12-31-18(23)3/h4-5,8-13,15,19H,1,6-7,14,16H2,2-3H3,(H,33,38)(H,34,39)/t19-/m1/s1. The summed E-state index contributed by atoms with van der Waals surface area (Å²) in [6.07, 6.45) is 6.19. The van der Waals surface area contributed by atoms with Crippen LogP contribution in [0.4, 0.5) is 21.9 Å². The predicted octanol–water partition coefficient (Wildman–Crippen LogP) is 5.69. The number of benzene rings is 1. The Hall–Kier alpha value is -4.77. The second kappa shape index (κ2) is 10.7. The number of urea groups is 1. The van der Waals surface area contributed by atoms with Crippen molar-refractivity contribution in [3.63, 3.8) is 0 Å². The summed E-state index contributed by atoms with van der Waals surface area (Å²) in [5.41, 5.74) is 3.38. The second-order valence-corrected chi connectivity index (χ2v) is 11.0. The third-order valence-electron chi connectivity index (χ3n) is 7.29. The van der Waals surface area contributed by atoms with Crippen molar-refractivity contribution in [2.45, 2.75) is 32.7 Å². The number of thiophene rings is 1. The fourth-order valence-corrected chi connectivity index (χ4v) is 6.33. The number of hydrogen-bond donors (Lipinski definition) is 2. The van der Waals surface area contributed by atoms with E-state index in [0.29, 0.717) is 56.7 Å². The molecule has 41 heavy (non-hydrogen) atoms. The molecule has 0 radical (unpaired) electrons. The van der Waals surface area contributed by atoms with E-state index in [4.69, 9.17) is 4.74 Å². The number of rotatable bonds is 6. The molecule has 6 rings (SSSR count). The molecule has 0 spiro atoms. The normalized spacial score (nSPS) is 16.3. The number of carbonyl (C=O) groups is 3. The van der Waals surface area contributed by atoms with E-state index in [1.165, 1.54) is 17.4 Å². The molecule has 2 aliphatic heterocycles. The number of aryl methyl sites for hydroxylation is 2. The van der Waals surface area contributed by atoms with Crippen molar-refractivity contribution in [1.82, 2.24) is 20.2 Å². The quantitative estimate of drug-likeness (QED) is 0.289. The lowest BCUT2D eigenvalue weighted by molar-refractivity contribution is -0.127. The first-order chi connectivity index (χ1) is 19.8. The lowest BCUT2D eigenvalue weighted by Crippen LogP contribution is -2.49. The largest absolute Gasteiger partial charge is 0.455 e. The van der Waals surface area contributed by atoms with E-state index >= 15 is 0 Å². The second-order valence-electron chi connectivity index (χ2n) is 10.0. The first kappa shape index (κ1) is 26.5. The Bertz CT molecular complexity index is 1720. The van der Waals surface area contributed by atoms with Gasteiger partial charge in [0.15, 0.2) is 0 Å². The van der Waals surface area contributed by atoms with Gasteiger partial charge in [0.2, 0.25) is 5.91 Å². The molecule has 1 atom stereocenters. The van der Waals surface area contributed by atoms with Crippen LogP contribution < -0.4 is 20.3 Å². The monoisotopic (exact) mass is 568 g/mol. The summed E-state index contributed by atoms with van der Waals surface area (Å²) in [4.78, 5) is 52.1. The van der Waals surface area contributed by atoms with E-state index in [2.05, 4.69) is 27.2 Å². The maximum atomic E-state index is 13.6. The number of anilines is 3. The molecular formula is C30H28N6O4S. The first-order valence-electron chi connectivity index (χ1n) is 13.3. The highest BCUT2D eigenvalue weighted by Gasteiger charge is 2.34. The number of carbonyl (C=O) groups excluding carboxylic acids is 3. The summed E-state index contributed by atoms with van der Waals surface area (Å²) in [6.45, 7) is 8.41. The average molecular weight is 569 g/mol. The van der Waals surface area contributed by atoms with Crippen molar-refractivity contribution < 1.29 is 19.1 Å². The van der Waals surface area contributed by atoms with Gasteiger partial charge in [0.25, 0.3) is 5.91 Å². The molecule has 0 aliphatic carbocycles. The van der Waals surface area contributed by atoms with Crippen LogP contribution >= 0.6 is 11.3 Å². The molecule has 0 saturated carbocycles. The Morgan fingerprint density at radius 2 is 2.02 bits per heavy atom. The van der Waals surface area contributed by atoms with Crippen molar-refractivity contribution in [3.05, 3.63) is 77.6 Å². The molecule has 11 heteroatoms. The van der Waals surface area contributed by atoms with Gasteiger partial charge >= 0.3 is 6.03 Å². The molecule has 4 amide bonds. The minimum absolute atomic E-state index is 0.149. The van der Waals surface area contributed by atoms with Crippen molar-refractivity contribution >= 4 is 56.5 Å². The summed E-state index contributed by atoms with van der Waals surface area (Å²) in [6, 6.07) is 10.4. The van der Waals surface area contributed by atoms with Gasteiger partial charge < -0.3 is 20.3 Å². The van der Waals surface area contributed by atoms with Gasteiger partial charge in [-0.15, -0.1) is 11.3 Å². The smallest absolute Gasteiger partial charge is 0.331 e. The summed E-state index contributed by atoms with van der Waals surface area (Å²) in [7, 11) is 0. The molecule has 1 saturated heterocycles. The topological polar surface area (TPSA) is 117 Å². The molecule has 0 bridgehead atoms. The van der Waals surface area contributed by atoms with Crippen LogP contribution in [0.15, 0.2) is 61.4 Å². The summed E-state index contributed by atoms with van der Waals surface area (Å²) >= 11 is 1.23. The molecule has 2 aliphatic rings. The highest BCUT2D eigenvalue weighted by molar-refractivity contribution is 7.21. The zero-order chi connectivity index (χ0) is 28.7. The molecule has 4 aromatic rings. The van der Waals surface area contributed by atoms with Gasteiger partial charge in [-0.05, 0) is 74.7 Å². The Morgan fingerprint density at radius 3 is 2.80 bits per heavy atom. The van der Waals surface area contributed by atoms with Gasteiger partial charge in [-0.3, -0.25) is 19.5 Å². The fourth-order valence-electron chi connectivity index (χ4n) is 5.31. The number of amides is 4. The van der Waals surface area contributed by atoms with Crippen LogP contribution in [0.25, 0.3) is 10.2 Å². The van der Waals surface area contributed by atoms with Crippen molar-refractivity contribution in [2.75, 3.05) is 23.3 Å². The molecule has 2 N–H and O–H groups in total. The number of nitrogens with zero attached hydrogens (tertiary/aromatic N) is 4. The fraction of sp³-hybridized carbons (Fsp3) is 0.233. The third-order valence-corrected chi connectivity index (χ3v) is 8.39. The van der Waals surface area contributed by atoms with Gasteiger partial charge in [-0.2, -0.15) is 0 Å². The number of likely N-dealkylation sites (tertiary alicyclic amines) is 1. The lowest BCUT2D eigenvalue weighted by Gasteiger charge is -2.32. The van der Waals surface area contributed by atoms with E-state index < -0.39 is 0 Å². The number of aromatic nitrogens is 2. The summed E-state index contributed by atoms with van der Waals surface area (Å²) in [5, 5.41) is 6.70. The van der Waals surface area contributed by atoms with Crippen LogP contribution in [0.5, 0.6) is 11.5 Å². The molecule has 3 aromatic heterocycles. The Kier molecular flexibility index (Phi) is 6.88. The zero-order valence-electron chi connectivity index (χ0n) is 22.6. The zero-order valence-corrected chi connectivity index (χ0v) is 23.5. The van der Waals surface area contributed by atoms with Crippen molar-refractivity contribution in [2.24, 2.45) is 0 Å². The number of pyridine rings is 2. The lowest BCUT2D eigenvalue weighted by atomic mass is 10.1. The number of nitrogens with one attached hydrogen (secondary N) is 2. The molecule has 5 heterocycles. The van der Waals surface area contributed by atoms with Crippen LogP contribution in [-0.4, -0.2) is 51.8 Å². The molecule has 1 fully saturated rings. The molecular weight excluding hydrogens is 540 g/mol. The Balaban J connectivity index is 1.29. The molecule has 0 unspecified atom stereocenters. The average Bonchev–Trinajstić information content (AvgIpc) is 3.34. The van der Waals surface area contributed by atoms with Crippen LogP contribution in [0.1, 0.15) is 33.8 Å². The van der Waals surface area contributed by atoms with Gasteiger partial charge in [0, 0.05) is 31.5 Å². The van der Waals surface area contributed by atoms with Crippen molar-refractivity contribution in [1.29, 1.82) is 0 Å². The molecule has 1 aromatic carbocycles. The van der Waals surface area contributed by atoms with E-state index in [0.717, 1.165) is 24.1 Å². The maximum Gasteiger partial charge on any atom is 0.331 e. The predicted molar refractivity (Wildman–Crippen MR) is 158 cm³/mol. The van der Waals surface area contributed by atoms with E-state index in [1.54, 1.807) is 28.3 Å². The van der Waals surface area contributed by atoms with E-state index in [-0.39, 0.29) is 23.9 Å². The van der Waals surface area contributed by atoms with Gasteiger partial charge in [0.05, 0.1) is 28.1 Å². The number of ether oxygens (including phenoxy) is 1. The SMILES string of the molecule is C=CC(=O)N1CCC[C@@H](NC(=O)c2sc3nccc4c3c2NC(=O)N4c2ccc(Oc3cccnc3C)cc2C)C1. The van der Waals surface area contributed by atoms with E-state index in [9.17, 15) is 14.4 Å². The Labute approximate surface area is 240 Å². The van der Waals surface area contributed by atoms with Crippen LogP contribution in [-0.2, 0) is 4.79 Å². The molecule has 10 nitrogen and oxygen atoms in total. The number of hydrogen-bond acceptors (Lipinski definition) is 7. The first-order valence-corrected chi connectivity index (χ1v) is 14.1. The minimum Gasteiger partial charge on any atom is -0.455 e. The van der Waals surface area contributed by atoms with Crippen molar-refractivity contribution in [3.8, 4) is 11.5 Å². The number of piperidine rings is 1. The maximum absolute atomic E-state index is 13.6. The van der Waals surface area contributed by atoms with Crippen LogP contribution in [0.2, 0.25) is 0 Å². The van der Waals surface area contributed by atoms with Gasteiger partial charge in [0.1, 0.15) is 21.2 Å². The highest BCUT2D eigenvalue weighted by atomic mass is 32.1. The minimum atomic E-state index is -0.377.